The Kier molecular flexibility index (Phi) is 3.67. The van der Waals surface area contributed by atoms with Crippen LogP contribution in [-0.4, -0.2) is 12.0 Å². The Morgan fingerprint density at radius 2 is 2.06 bits per heavy atom. The molecule has 0 bridgehead atoms. The van der Waals surface area contributed by atoms with Crippen LogP contribution >= 0.6 is 0 Å². The summed E-state index contributed by atoms with van der Waals surface area (Å²) in [6.45, 7) is 0.645. The first-order chi connectivity index (χ1) is 8.31. The third kappa shape index (κ3) is 2.79. The normalized spacial score (nSPS) is 10.2. The van der Waals surface area contributed by atoms with Crippen molar-refractivity contribution in [1.82, 2.24) is 10.3 Å². The van der Waals surface area contributed by atoms with E-state index >= 15 is 0 Å². The molecule has 0 saturated heterocycles. The van der Waals surface area contributed by atoms with E-state index in [9.17, 15) is 4.39 Å². The van der Waals surface area contributed by atoms with E-state index in [1.165, 1.54) is 6.07 Å². The van der Waals surface area contributed by atoms with E-state index < -0.39 is 0 Å². The van der Waals surface area contributed by atoms with E-state index in [1.54, 1.807) is 30.6 Å². The summed E-state index contributed by atoms with van der Waals surface area (Å²) in [7, 11) is 1.84. The van der Waals surface area contributed by atoms with Gasteiger partial charge in [0.05, 0.1) is 6.20 Å². The molecular formula is C13H13FN2O. The molecule has 0 saturated carbocycles. The molecule has 0 atom stereocenters. The smallest absolute Gasteiger partial charge is 0.165 e. The molecule has 1 heterocycles. The first-order valence-electron chi connectivity index (χ1n) is 5.31. The van der Waals surface area contributed by atoms with Crippen LogP contribution in [0.3, 0.4) is 0 Å². The number of rotatable bonds is 4. The number of ether oxygens (including phenoxy) is 1. The third-order valence-corrected chi connectivity index (χ3v) is 2.29. The first-order valence-corrected chi connectivity index (χ1v) is 5.31. The summed E-state index contributed by atoms with van der Waals surface area (Å²) in [6, 6.07) is 8.15. The van der Waals surface area contributed by atoms with Gasteiger partial charge in [-0.3, -0.25) is 4.98 Å². The average Bonchev–Trinajstić information content (AvgIpc) is 2.35. The van der Waals surface area contributed by atoms with Crippen molar-refractivity contribution >= 4 is 0 Å². The van der Waals surface area contributed by atoms with E-state index in [4.69, 9.17) is 4.74 Å². The molecule has 0 aliphatic rings. The van der Waals surface area contributed by atoms with Gasteiger partial charge in [-0.25, -0.2) is 4.39 Å². The SMILES string of the molecule is CNCc1ccncc1Oc1ccccc1F. The summed E-state index contributed by atoms with van der Waals surface area (Å²) >= 11 is 0. The molecule has 0 amide bonds. The van der Waals surface area contributed by atoms with Gasteiger partial charge in [0.15, 0.2) is 11.6 Å². The molecule has 0 aliphatic carbocycles. The van der Waals surface area contributed by atoms with Crippen LogP contribution in [0, 0.1) is 5.82 Å². The molecule has 1 aromatic heterocycles. The number of nitrogens with zero attached hydrogens (tertiary/aromatic N) is 1. The fourth-order valence-corrected chi connectivity index (χ4v) is 1.48. The number of nitrogens with one attached hydrogen (secondary N) is 1. The lowest BCUT2D eigenvalue weighted by Crippen LogP contribution is -2.06. The van der Waals surface area contributed by atoms with E-state index in [2.05, 4.69) is 10.3 Å². The van der Waals surface area contributed by atoms with Crippen molar-refractivity contribution in [2.45, 2.75) is 6.54 Å². The zero-order valence-corrected chi connectivity index (χ0v) is 9.48. The van der Waals surface area contributed by atoms with Gasteiger partial charge >= 0.3 is 0 Å². The van der Waals surface area contributed by atoms with Gasteiger partial charge in [-0.1, -0.05) is 12.1 Å². The first kappa shape index (κ1) is 11.5. The predicted molar refractivity (Wildman–Crippen MR) is 63.5 cm³/mol. The molecule has 0 aliphatic heterocycles. The largest absolute Gasteiger partial charge is 0.452 e. The minimum atomic E-state index is -0.383. The highest BCUT2D eigenvalue weighted by molar-refractivity contribution is 5.35. The second-order valence-electron chi connectivity index (χ2n) is 3.55. The number of para-hydroxylation sites is 1. The second kappa shape index (κ2) is 5.41. The van der Waals surface area contributed by atoms with Crippen LogP contribution in [0.1, 0.15) is 5.56 Å². The van der Waals surface area contributed by atoms with Gasteiger partial charge in [0, 0.05) is 18.3 Å². The summed E-state index contributed by atoms with van der Waals surface area (Å²) < 4.78 is 18.9. The Morgan fingerprint density at radius 1 is 1.24 bits per heavy atom. The van der Waals surface area contributed by atoms with Gasteiger partial charge in [-0.05, 0) is 25.2 Å². The molecule has 0 fully saturated rings. The van der Waals surface area contributed by atoms with E-state index in [1.807, 2.05) is 13.1 Å². The summed E-state index contributed by atoms with van der Waals surface area (Å²) in [5, 5.41) is 3.02. The maximum Gasteiger partial charge on any atom is 0.165 e. The Labute approximate surface area is 99.3 Å². The zero-order chi connectivity index (χ0) is 12.1. The summed E-state index contributed by atoms with van der Waals surface area (Å²) in [6.07, 6.45) is 3.26. The van der Waals surface area contributed by atoms with E-state index in [0.29, 0.717) is 12.3 Å². The number of hydrogen-bond acceptors (Lipinski definition) is 3. The standard InChI is InChI=1S/C13H13FN2O/c1-15-8-10-6-7-16-9-13(10)17-12-5-3-2-4-11(12)14/h2-7,9,15H,8H2,1H3. The van der Waals surface area contributed by atoms with Crippen molar-refractivity contribution in [2.24, 2.45) is 0 Å². The molecule has 0 unspecified atom stereocenters. The fraction of sp³-hybridized carbons (Fsp3) is 0.154. The van der Waals surface area contributed by atoms with Crippen LogP contribution in [-0.2, 0) is 6.54 Å². The van der Waals surface area contributed by atoms with Crippen LogP contribution in [0.2, 0.25) is 0 Å². The summed E-state index contributed by atoms with van der Waals surface area (Å²) in [4.78, 5) is 3.98. The van der Waals surface area contributed by atoms with Gasteiger partial charge in [0.1, 0.15) is 5.75 Å². The van der Waals surface area contributed by atoms with Gasteiger partial charge in [0.2, 0.25) is 0 Å². The maximum absolute atomic E-state index is 13.4. The zero-order valence-electron chi connectivity index (χ0n) is 9.48. The lowest BCUT2D eigenvalue weighted by Gasteiger charge is -2.10. The molecule has 3 nitrogen and oxygen atoms in total. The maximum atomic E-state index is 13.4. The molecule has 4 heteroatoms. The number of halogens is 1. The topological polar surface area (TPSA) is 34.2 Å². The Bertz CT molecular complexity index is 502. The number of benzene rings is 1. The van der Waals surface area contributed by atoms with Gasteiger partial charge in [0.25, 0.3) is 0 Å². The minimum absolute atomic E-state index is 0.206. The van der Waals surface area contributed by atoms with Crippen LogP contribution in [0.25, 0.3) is 0 Å². The second-order valence-corrected chi connectivity index (χ2v) is 3.55. The fourth-order valence-electron chi connectivity index (χ4n) is 1.48. The van der Waals surface area contributed by atoms with E-state index in [0.717, 1.165) is 5.56 Å². The Morgan fingerprint density at radius 3 is 2.82 bits per heavy atom. The Balaban J connectivity index is 2.27. The van der Waals surface area contributed by atoms with Crippen molar-refractivity contribution in [3.05, 3.63) is 54.1 Å². The number of hydrogen-bond donors (Lipinski definition) is 1. The van der Waals surface area contributed by atoms with Crippen molar-refractivity contribution in [3.8, 4) is 11.5 Å². The van der Waals surface area contributed by atoms with Crippen LogP contribution < -0.4 is 10.1 Å². The molecule has 1 aromatic carbocycles. The summed E-state index contributed by atoms with van der Waals surface area (Å²) in [5.41, 5.74) is 0.936. The van der Waals surface area contributed by atoms with Gasteiger partial charge in [-0.15, -0.1) is 0 Å². The highest BCUT2D eigenvalue weighted by atomic mass is 19.1. The number of aromatic nitrogens is 1. The summed E-state index contributed by atoms with van der Waals surface area (Å²) in [5.74, 6) is 0.386. The average molecular weight is 232 g/mol. The van der Waals surface area contributed by atoms with Crippen LogP contribution in [0.4, 0.5) is 4.39 Å². The number of pyridine rings is 1. The molecule has 0 spiro atoms. The third-order valence-electron chi connectivity index (χ3n) is 2.29. The van der Waals surface area contributed by atoms with Crippen LogP contribution in [0.5, 0.6) is 11.5 Å². The van der Waals surface area contributed by atoms with Gasteiger partial charge in [-0.2, -0.15) is 0 Å². The van der Waals surface area contributed by atoms with Gasteiger partial charge < -0.3 is 10.1 Å². The Hall–Kier alpha value is -1.94. The lowest BCUT2D eigenvalue weighted by molar-refractivity contribution is 0.435. The van der Waals surface area contributed by atoms with Crippen molar-refractivity contribution in [3.63, 3.8) is 0 Å². The van der Waals surface area contributed by atoms with Crippen molar-refractivity contribution in [2.75, 3.05) is 7.05 Å². The molecule has 2 rings (SSSR count). The monoisotopic (exact) mass is 232 g/mol. The molecule has 1 N–H and O–H groups in total. The highest BCUT2D eigenvalue weighted by Gasteiger charge is 2.07. The molecule has 0 radical (unpaired) electrons. The highest BCUT2D eigenvalue weighted by Crippen LogP contribution is 2.26. The molecule has 2 aromatic rings. The van der Waals surface area contributed by atoms with Crippen LogP contribution in [0.15, 0.2) is 42.7 Å². The van der Waals surface area contributed by atoms with E-state index in [-0.39, 0.29) is 11.6 Å². The molecular weight excluding hydrogens is 219 g/mol. The predicted octanol–water partition coefficient (Wildman–Crippen LogP) is 2.73. The molecule has 88 valence electrons. The van der Waals surface area contributed by atoms with Crippen molar-refractivity contribution < 1.29 is 9.13 Å². The quantitative estimate of drug-likeness (QED) is 0.880. The molecule has 17 heavy (non-hydrogen) atoms. The van der Waals surface area contributed by atoms with Crippen molar-refractivity contribution in [1.29, 1.82) is 0 Å². The minimum Gasteiger partial charge on any atom is -0.452 e. The lowest BCUT2D eigenvalue weighted by atomic mass is 10.2.